The molecule has 9 nitrogen and oxygen atoms in total. The van der Waals surface area contributed by atoms with E-state index in [0.29, 0.717) is 0 Å². The maximum atomic E-state index is 10.5. The van der Waals surface area contributed by atoms with Crippen LogP contribution in [0.2, 0.25) is 0 Å². The second-order valence-electron chi connectivity index (χ2n) is 1.57. The molecule has 0 atom stereocenters. The summed E-state index contributed by atoms with van der Waals surface area (Å²) in [7, 11) is 0. The van der Waals surface area contributed by atoms with Crippen LogP contribution in [-0.4, -0.2) is 24.3 Å². The van der Waals surface area contributed by atoms with E-state index < -0.39 is 24.3 Å². The van der Waals surface area contributed by atoms with E-state index in [-0.39, 0.29) is 39.0 Å². The van der Waals surface area contributed by atoms with Gasteiger partial charge in [0.05, 0.1) is 0 Å². The van der Waals surface area contributed by atoms with Gasteiger partial charge in [-0.1, -0.05) is 0 Å². The van der Waals surface area contributed by atoms with Crippen molar-refractivity contribution in [2.45, 2.75) is 12.4 Å². The Bertz CT molecular complexity index is 350. The molecule has 0 bridgehead atoms. The summed E-state index contributed by atoms with van der Waals surface area (Å²) in [6.07, 6.45) is -10.4. The van der Waals surface area contributed by atoms with Crippen molar-refractivity contribution >= 4 is 11.9 Å². The number of carboxylic acid groups (broad SMARTS) is 2. The molecule has 148 valence electrons. The maximum Gasteiger partial charge on any atom is 1.00 e. The fourth-order valence-corrected chi connectivity index (χ4v) is 0. The van der Waals surface area contributed by atoms with Crippen molar-refractivity contribution in [3.63, 3.8) is 0 Å². The van der Waals surface area contributed by atoms with Crippen LogP contribution in [0.15, 0.2) is 0 Å². The molecule has 0 heterocycles. The summed E-state index contributed by atoms with van der Waals surface area (Å²) in [4.78, 5) is 17.6. The average molecular weight is 568 g/mol. The molecule has 0 saturated heterocycles. The minimum Gasteiger partial charge on any atom is 1.00 e. The summed E-state index contributed by atoms with van der Waals surface area (Å²) in [6.45, 7) is 22.5. The first-order valence-corrected chi connectivity index (χ1v) is 3.47. The molecule has 0 aromatic carbocycles. The van der Waals surface area contributed by atoms with Crippen molar-refractivity contribution in [2.24, 2.45) is 0 Å². The smallest absolute Gasteiger partial charge is 1.00 e. The van der Waals surface area contributed by atoms with Crippen LogP contribution >= 0.6 is 0 Å². The molecule has 17 heteroatoms. The predicted octanol–water partition coefficient (Wildman–Crippen LogP) is -1.60. The number of carbonyl (C=O) groups excluding carboxylic acids is 2. The predicted molar refractivity (Wildman–Crippen MR) is 41.8 cm³/mol. The first kappa shape index (κ1) is 56.3. The van der Waals surface area contributed by atoms with Crippen molar-refractivity contribution in [3.05, 3.63) is 33.3 Å². The molecule has 0 aromatic rings. The number of alkyl halides is 6. The Balaban J connectivity index is -0.0000000204. The fourth-order valence-electron chi connectivity index (χ4n) is 0. The van der Waals surface area contributed by atoms with E-state index in [1.54, 1.807) is 0 Å². The van der Waals surface area contributed by atoms with Crippen LogP contribution in [0, 0.1) is 33.3 Å². The van der Waals surface area contributed by atoms with Crippen molar-refractivity contribution in [1.29, 1.82) is 0 Å². The molecule has 0 aromatic heterocycles. The van der Waals surface area contributed by atoms with Crippen LogP contribution in [0.5, 0.6) is 0 Å². The third-order valence-electron chi connectivity index (χ3n) is 0.463. The van der Waals surface area contributed by atoms with Gasteiger partial charge in [-0.05, 0) is 0 Å². The van der Waals surface area contributed by atoms with E-state index in [2.05, 4.69) is 33.3 Å². The van der Waals surface area contributed by atoms with Gasteiger partial charge in [0.25, 0.3) is 0 Å². The van der Waals surface area contributed by atoms with Gasteiger partial charge in [0.15, 0.2) is 0 Å². The third-order valence-corrected chi connectivity index (χ3v) is 0.463. The van der Waals surface area contributed by atoms with E-state index in [1.807, 2.05) is 0 Å². The Morgan fingerprint density at radius 2 is 0.577 bits per heavy atom. The minimum absolute atomic E-state index is 0. The number of carbonyl (C=O) groups is 2. The van der Waals surface area contributed by atoms with Crippen molar-refractivity contribution < 1.29 is 108 Å². The van der Waals surface area contributed by atoms with Gasteiger partial charge < -0.3 is 19.8 Å². The Morgan fingerprint density at radius 3 is 0.577 bits per heavy atom. The standard InChI is InChI=1S/2C2HF3O2.5CO.2Ru/c2*3-2(4,5)1(6)7;5*1-2;;/h2*(H,6,7);;;;;;;/q;;;;;;;2*+1/p-2. The van der Waals surface area contributed by atoms with Crippen molar-refractivity contribution in [3.8, 4) is 0 Å². The molecule has 0 fully saturated rings. The number of aliphatic carboxylic acids is 2. The normalized spacial score (nSPS) is 6.46. The molecule has 0 unspecified atom stereocenters. The molecule has 0 aliphatic rings. The minimum atomic E-state index is -5.19. The topological polar surface area (TPSA) is 180 Å². The molecular weight excluding hydrogens is 568 g/mol. The van der Waals surface area contributed by atoms with Gasteiger partial charge in [-0.3, -0.25) is 0 Å². The molecule has 0 N–H and O–H groups in total. The first-order valence-electron chi connectivity index (χ1n) is 3.47. The zero-order valence-corrected chi connectivity index (χ0v) is 14.6. The molecular formula is C9F6O9Ru2. The maximum absolute atomic E-state index is 10.5. The van der Waals surface area contributed by atoms with E-state index in [0.717, 1.165) is 0 Å². The molecule has 0 aliphatic carbocycles. The summed E-state index contributed by atoms with van der Waals surface area (Å²) in [5, 5.41) is 17.6. The molecule has 0 aliphatic heterocycles. The number of halogens is 6. The van der Waals surface area contributed by atoms with Crippen LogP contribution in [-0.2, 0) is 71.8 Å². The summed E-state index contributed by atoms with van der Waals surface area (Å²) >= 11 is 0. The largest absolute Gasteiger partial charge is 1.00 e. The van der Waals surface area contributed by atoms with Gasteiger partial charge in [-0.15, -0.1) is 0 Å². The quantitative estimate of drug-likeness (QED) is 0.148. The zero-order chi connectivity index (χ0) is 22.2. The molecule has 26 heavy (non-hydrogen) atoms. The van der Waals surface area contributed by atoms with Crippen LogP contribution in [0.25, 0.3) is 0 Å². The molecule has 0 spiro atoms. The number of carboxylic acids is 2. The van der Waals surface area contributed by atoms with Crippen molar-refractivity contribution in [1.82, 2.24) is 0 Å². The van der Waals surface area contributed by atoms with Crippen LogP contribution in [0.4, 0.5) is 26.3 Å². The summed E-state index contributed by atoms with van der Waals surface area (Å²) < 4.78 is 101. The number of rotatable bonds is 0. The number of hydrogen-bond donors (Lipinski definition) is 0. The van der Waals surface area contributed by atoms with E-state index in [1.165, 1.54) is 0 Å². The number of hydrogen-bond acceptors (Lipinski definition) is 4. The monoisotopic (exact) mass is 570 g/mol. The van der Waals surface area contributed by atoms with E-state index in [4.69, 9.17) is 43.1 Å². The van der Waals surface area contributed by atoms with Crippen LogP contribution in [0.1, 0.15) is 0 Å². The van der Waals surface area contributed by atoms with Gasteiger partial charge >= 0.3 is 108 Å². The summed E-state index contributed by atoms with van der Waals surface area (Å²) in [5.41, 5.74) is 0. The van der Waals surface area contributed by atoms with Gasteiger partial charge in [-0.25, -0.2) is 0 Å². The first-order chi connectivity index (χ1) is 10.9. The Morgan fingerprint density at radius 1 is 0.538 bits per heavy atom. The Labute approximate surface area is 166 Å². The fraction of sp³-hybridized carbons (Fsp3) is 0.222. The summed E-state index contributed by atoms with van der Waals surface area (Å²) in [5.74, 6) is -6.01. The molecule has 2 radical (unpaired) electrons. The van der Waals surface area contributed by atoms with Crippen LogP contribution < -0.4 is 10.2 Å². The summed E-state index contributed by atoms with van der Waals surface area (Å²) in [6, 6.07) is 0. The Kier molecular flexibility index (Phi) is 94.6. The van der Waals surface area contributed by atoms with E-state index in [9.17, 15) is 26.3 Å². The van der Waals surface area contributed by atoms with Crippen LogP contribution in [0.3, 0.4) is 0 Å². The molecule has 0 amide bonds. The van der Waals surface area contributed by atoms with Gasteiger partial charge in [0.1, 0.15) is 11.9 Å². The van der Waals surface area contributed by atoms with Gasteiger partial charge in [0, 0.05) is 0 Å². The van der Waals surface area contributed by atoms with Gasteiger partial charge in [0.2, 0.25) is 0 Å². The second-order valence-corrected chi connectivity index (χ2v) is 1.57. The third kappa shape index (κ3) is 94.5. The zero-order valence-electron chi connectivity index (χ0n) is 11.1. The Hall–Kier alpha value is -1.53. The SMILES string of the molecule is O=C([O-])C(F)(F)F.O=C([O-])C(F)(F)F.[C-]#[O+].[C-]#[O+].[C-]#[O+].[C-]#[O+].[C-]#[O+].[Ru+].[Ru+]. The second kappa shape index (κ2) is 43.7. The van der Waals surface area contributed by atoms with Gasteiger partial charge in [-0.2, -0.15) is 26.3 Å². The average Bonchev–Trinajstić information content (AvgIpc) is 2.56. The van der Waals surface area contributed by atoms with Crippen molar-refractivity contribution in [2.75, 3.05) is 0 Å². The molecule has 0 saturated carbocycles. The van der Waals surface area contributed by atoms with E-state index >= 15 is 0 Å². The molecule has 0 rings (SSSR count).